The van der Waals surface area contributed by atoms with Gasteiger partial charge in [-0.2, -0.15) is 0 Å². The number of halogens is 1. The van der Waals surface area contributed by atoms with Crippen LogP contribution < -0.4 is 5.32 Å². The zero-order chi connectivity index (χ0) is 12.3. The van der Waals surface area contributed by atoms with Crippen LogP contribution in [-0.2, 0) is 17.9 Å². The molecule has 0 amide bonds. The Bertz CT molecular complexity index is 384. The van der Waals surface area contributed by atoms with Gasteiger partial charge < -0.3 is 15.2 Å². The second kappa shape index (κ2) is 5.58. The van der Waals surface area contributed by atoms with Gasteiger partial charge in [-0.25, -0.2) is 4.39 Å². The van der Waals surface area contributed by atoms with Crippen LogP contribution in [0.4, 0.5) is 4.39 Å². The van der Waals surface area contributed by atoms with Gasteiger partial charge in [0, 0.05) is 24.8 Å². The van der Waals surface area contributed by atoms with E-state index in [1.807, 2.05) is 0 Å². The molecule has 1 aliphatic heterocycles. The molecule has 1 fully saturated rings. The van der Waals surface area contributed by atoms with E-state index in [-0.39, 0.29) is 18.5 Å². The number of rotatable bonds is 4. The van der Waals surface area contributed by atoms with E-state index in [9.17, 15) is 4.39 Å². The topological polar surface area (TPSA) is 41.5 Å². The molecule has 0 saturated carbocycles. The summed E-state index contributed by atoms with van der Waals surface area (Å²) >= 11 is 0. The quantitative estimate of drug-likeness (QED) is 0.838. The van der Waals surface area contributed by atoms with Crippen LogP contribution in [0.5, 0.6) is 0 Å². The van der Waals surface area contributed by atoms with Gasteiger partial charge in [0.25, 0.3) is 0 Å². The monoisotopic (exact) mass is 239 g/mol. The Labute approximate surface area is 101 Å². The fraction of sp³-hybridized carbons (Fsp3) is 0.538. The molecule has 1 aliphatic rings. The first-order valence-electron chi connectivity index (χ1n) is 5.94. The molecule has 0 radical (unpaired) electrons. The summed E-state index contributed by atoms with van der Waals surface area (Å²) in [5.41, 5.74) is 1.33. The van der Waals surface area contributed by atoms with E-state index in [2.05, 4.69) is 12.2 Å². The zero-order valence-electron chi connectivity index (χ0n) is 9.95. The highest BCUT2D eigenvalue weighted by Gasteiger charge is 2.23. The average molecular weight is 239 g/mol. The first-order chi connectivity index (χ1) is 8.20. The summed E-state index contributed by atoms with van der Waals surface area (Å²) in [6.07, 6.45) is 1.24. The number of aliphatic hydroxyl groups is 1. The first kappa shape index (κ1) is 12.5. The average Bonchev–Trinajstić information content (AvgIpc) is 2.74. The van der Waals surface area contributed by atoms with Crippen LogP contribution in [0.15, 0.2) is 18.2 Å². The highest BCUT2D eigenvalue weighted by Crippen LogP contribution is 2.15. The van der Waals surface area contributed by atoms with Crippen LogP contribution in [0, 0.1) is 5.82 Å². The van der Waals surface area contributed by atoms with Crippen molar-refractivity contribution in [3.8, 4) is 0 Å². The van der Waals surface area contributed by atoms with E-state index in [0.29, 0.717) is 18.2 Å². The van der Waals surface area contributed by atoms with Gasteiger partial charge >= 0.3 is 0 Å². The molecule has 94 valence electrons. The van der Waals surface area contributed by atoms with Gasteiger partial charge in [0.05, 0.1) is 12.7 Å². The van der Waals surface area contributed by atoms with Crippen LogP contribution in [0.1, 0.15) is 24.5 Å². The van der Waals surface area contributed by atoms with Gasteiger partial charge in [-0.1, -0.05) is 6.07 Å². The second-order valence-corrected chi connectivity index (χ2v) is 4.44. The Kier molecular flexibility index (Phi) is 4.10. The Balaban J connectivity index is 1.94. The molecule has 2 atom stereocenters. The van der Waals surface area contributed by atoms with Crippen molar-refractivity contribution >= 4 is 0 Å². The molecule has 2 N–H and O–H groups in total. The van der Waals surface area contributed by atoms with Crippen molar-refractivity contribution in [1.82, 2.24) is 5.32 Å². The van der Waals surface area contributed by atoms with Crippen LogP contribution in [0.25, 0.3) is 0 Å². The molecule has 1 aromatic carbocycles. The predicted octanol–water partition coefficient (Wildman–Crippen LogP) is 1.59. The summed E-state index contributed by atoms with van der Waals surface area (Å²) in [4.78, 5) is 0. The SMILES string of the molecule is CC1OCCC1NCc1ccc(F)c(CO)c1. The smallest absolute Gasteiger partial charge is 0.128 e. The van der Waals surface area contributed by atoms with Crippen LogP contribution in [0.3, 0.4) is 0 Å². The normalized spacial score (nSPS) is 24.2. The van der Waals surface area contributed by atoms with Crippen molar-refractivity contribution in [3.05, 3.63) is 35.1 Å². The van der Waals surface area contributed by atoms with Gasteiger partial charge in [-0.05, 0) is 31.0 Å². The van der Waals surface area contributed by atoms with Gasteiger partial charge in [-0.3, -0.25) is 0 Å². The Morgan fingerprint density at radius 2 is 2.35 bits per heavy atom. The van der Waals surface area contributed by atoms with Crippen molar-refractivity contribution in [3.63, 3.8) is 0 Å². The second-order valence-electron chi connectivity index (χ2n) is 4.44. The molecule has 4 heteroatoms. The van der Waals surface area contributed by atoms with E-state index in [1.165, 1.54) is 6.07 Å². The number of hydrogen-bond donors (Lipinski definition) is 2. The van der Waals surface area contributed by atoms with Crippen molar-refractivity contribution in [1.29, 1.82) is 0 Å². The minimum atomic E-state index is -0.353. The number of ether oxygens (including phenoxy) is 1. The summed E-state index contributed by atoms with van der Waals surface area (Å²) in [6.45, 7) is 3.26. The van der Waals surface area contributed by atoms with E-state index in [1.54, 1.807) is 12.1 Å². The summed E-state index contributed by atoms with van der Waals surface area (Å²) in [5.74, 6) is -0.353. The highest BCUT2D eigenvalue weighted by atomic mass is 19.1. The molecule has 0 spiro atoms. The van der Waals surface area contributed by atoms with Crippen molar-refractivity contribution in [2.24, 2.45) is 0 Å². The van der Waals surface area contributed by atoms with Crippen LogP contribution >= 0.6 is 0 Å². The summed E-state index contributed by atoms with van der Waals surface area (Å²) < 4.78 is 18.6. The molecule has 2 rings (SSSR count). The predicted molar refractivity (Wildman–Crippen MR) is 63.0 cm³/mol. The minimum absolute atomic E-state index is 0.229. The van der Waals surface area contributed by atoms with Crippen LogP contribution in [-0.4, -0.2) is 23.9 Å². The molecule has 3 nitrogen and oxygen atoms in total. The maximum atomic E-state index is 13.2. The molecule has 0 aliphatic carbocycles. The lowest BCUT2D eigenvalue weighted by Crippen LogP contribution is -2.34. The molecule has 1 aromatic rings. The highest BCUT2D eigenvalue weighted by molar-refractivity contribution is 5.24. The molecule has 17 heavy (non-hydrogen) atoms. The van der Waals surface area contributed by atoms with Crippen molar-refractivity contribution in [2.75, 3.05) is 6.61 Å². The molecule has 2 unspecified atom stereocenters. The van der Waals surface area contributed by atoms with Crippen LogP contribution in [0.2, 0.25) is 0 Å². The van der Waals surface area contributed by atoms with Crippen molar-refractivity contribution in [2.45, 2.75) is 38.6 Å². The third kappa shape index (κ3) is 3.03. The maximum Gasteiger partial charge on any atom is 0.128 e. The van der Waals surface area contributed by atoms with E-state index < -0.39 is 0 Å². The van der Waals surface area contributed by atoms with Crippen molar-refractivity contribution < 1.29 is 14.2 Å². The third-order valence-corrected chi connectivity index (χ3v) is 3.23. The Morgan fingerprint density at radius 3 is 3.00 bits per heavy atom. The first-order valence-corrected chi connectivity index (χ1v) is 5.94. The third-order valence-electron chi connectivity index (χ3n) is 3.23. The van der Waals surface area contributed by atoms with Gasteiger partial charge in [0.15, 0.2) is 0 Å². The minimum Gasteiger partial charge on any atom is -0.392 e. The number of benzene rings is 1. The number of aliphatic hydroxyl groups excluding tert-OH is 1. The molecule has 0 bridgehead atoms. The van der Waals surface area contributed by atoms with E-state index in [0.717, 1.165) is 18.6 Å². The number of hydrogen-bond acceptors (Lipinski definition) is 3. The Hall–Kier alpha value is -0.970. The van der Waals surface area contributed by atoms with Gasteiger partial charge in [-0.15, -0.1) is 0 Å². The van der Waals surface area contributed by atoms with Gasteiger partial charge in [0.1, 0.15) is 5.82 Å². The fourth-order valence-corrected chi connectivity index (χ4v) is 2.11. The molecule has 0 aromatic heterocycles. The zero-order valence-corrected chi connectivity index (χ0v) is 9.95. The number of nitrogens with one attached hydrogen (secondary N) is 1. The maximum absolute atomic E-state index is 13.2. The summed E-state index contributed by atoms with van der Waals surface area (Å²) in [7, 11) is 0. The van der Waals surface area contributed by atoms with E-state index >= 15 is 0 Å². The Morgan fingerprint density at radius 1 is 1.53 bits per heavy atom. The largest absolute Gasteiger partial charge is 0.392 e. The lowest BCUT2D eigenvalue weighted by atomic mass is 10.1. The summed E-state index contributed by atoms with van der Waals surface area (Å²) in [5, 5.41) is 12.4. The fourth-order valence-electron chi connectivity index (χ4n) is 2.11. The molecular weight excluding hydrogens is 221 g/mol. The van der Waals surface area contributed by atoms with Gasteiger partial charge in [0.2, 0.25) is 0 Å². The standard InChI is InChI=1S/C13H18FNO2/c1-9-13(4-5-17-9)15-7-10-2-3-12(14)11(6-10)8-16/h2-3,6,9,13,15-16H,4-5,7-8H2,1H3. The van der Waals surface area contributed by atoms with E-state index in [4.69, 9.17) is 9.84 Å². The molecule has 1 saturated heterocycles. The lowest BCUT2D eigenvalue weighted by molar-refractivity contribution is 0.113. The lowest BCUT2D eigenvalue weighted by Gasteiger charge is -2.16. The molecule has 1 heterocycles. The summed E-state index contributed by atoms with van der Waals surface area (Å²) in [6, 6.07) is 5.19. The molecular formula is C13H18FNO2.